The first-order chi connectivity index (χ1) is 13.5. The lowest BCUT2D eigenvalue weighted by Crippen LogP contribution is -2.01. The van der Waals surface area contributed by atoms with E-state index in [1.54, 1.807) is 48.5 Å². The van der Waals surface area contributed by atoms with E-state index in [4.69, 9.17) is 21.1 Å². The number of carbonyl (C=O) groups excluding carboxylic acids is 1. The van der Waals surface area contributed by atoms with Gasteiger partial charge in [0.1, 0.15) is 18.1 Å². The molecule has 0 heterocycles. The Kier molecular flexibility index (Phi) is 5.91. The van der Waals surface area contributed by atoms with E-state index in [0.29, 0.717) is 17.1 Å². The average Bonchev–Trinajstić information content (AvgIpc) is 2.69. The molecule has 0 radical (unpaired) electrons. The number of halogens is 1. The first-order valence-electron chi connectivity index (χ1n) is 8.38. The third-order valence-corrected chi connectivity index (χ3v) is 4.24. The second-order valence-electron chi connectivity index (χ2n) is 5.93. The van der Waals surface area contributed by atoms with Gasteiger partial charge in [0.05, 0.1) is 15.5 Å². The molecule has 0 unspecified atom stereocenters. The molecule has 3 rings (SSSR count). The summed E-state index contributed by atoms with van der Waals surface area (Å²) in [7, 11) is 0. The fourth-order valence-electron chi connectivity index (χ4n) is 2.56. The van der Waals surface area contributed by atoms with Gasteiger partial charge in [-0.15, -0.1) is 0 Å². The Morgan fingerprint density at radius 1 is 1.04 bits per heavy atom. The molecule has 3 aromatic rings. The Hall–Kier alpha value is -3.38. The summed E-state index contributed by atoms with van der Waals surface area (Å²) in [6.07, 6.45) is 0. The van der Waals surface area contributed by atoms with Crippen LogP contribution in [0.4, 0.5) is 5.69 Å². The predicted molar refractivity (Wildman–Crippen MR) is 105 cm³/mol. The van der Waals surface area contributed by atoms with Gasteiger partial charge in [0, 0.05) is 6.07 Å². The second kappa shape index (κ2) is 8.54. The molecule has 0 aliphatic heterocycles. The lowest BCUT2D eigenvalue weighted by atomic mass is 10.1. The van der Waals surface area contributed by atoms with Crippen molar-refractivity contribution < 1.29 is 19.2 Å². The van der Waals surface area contributed by atoms with Crippen LogP contribution in [0.15, 0.2) is 66.7 Å². The van der Waals surface area contributed by atoms with Gasteiger partial charge >= 0.3 is 5.69 Å². The van der Waals surface area contributed by atoms with Crippen LogP contribution in [-0.4, -0.2) is 10.7 Å². The van der Waals surface area contributed by atoms with Crippen LogP contribution in [-0.2, 0) is 6.61 Å². The standard InChI is InChI=1S/C21H16ClNO5/c1-14(24)17-5-2-3-8-20(17)27-13-15-9-11-16(12-10-15)28-21-18(22)6-4-7-19(21)23(25)26/h2-12H,13H2,1H3. The van der Waals surface area contributed by atoms with Crippen LogP contribution in [0, 0.1) is 10.1 Å². The van der Waals surface area contributed by atoms with Gasteiger partial charge in [0.15, 0.2) is 5.78 Å². The van der Waals surface area contributed by atoms with Gasteiger partial charge in [-0.1, -0.05) is 41.9 Å². The van der Waals surface area contributed by atoms with Gasteiger partial charge in [-0.3, -0.25) is 14.9 Å². The van der Waals surface area contributed by atoms with E-state index >= 15 is 0 Å². The van der Waals surface area contributed by atoms with Gasteiger partial charge in [0.2, 0.25) is 5.75 Å². The Morgan fingerprint density at radius 2 is 1.75 bits per heavy atom. The number of Topliss-reactive ketones (excluding diaryl/α,β-unsaturated/α-hetero) is 1. The molecule has 0 atom stereocenters. The van der Waals surface area contributed by atoms with Crippen molar-refractivity contribution >= 4 is 23.1 Å². The highest BCUT2D eigenvalue weighted by atomic mass is 35.5. The fraction of sp³-hybridized carbons (Fsp3) is 0.0952. The zero-order valence-electron chi connectivity index (χ0n) is 14.9. The van der Waals surface area contributed by atoms with Crippen molar-refractivity contribution in [3.63, 3.8) is 0 Å². The zero-order chi connectivity index (χ0) is 20.1. The minimum Gasteiger partial charge on any atom is -0.488 e. The number of ketones is 1. The summed E-state index contributed by atoms with van der Waals surface area (Å²) in [5.41, 5.74) is 1.16. The number of rotatable bonds is 7. The van der Waals surface area contributed by atoms with Crippen LogP contribution >= 0.6 is 11.6 Å². The molecule has 0 saturated heterocycles. The van der Waals surface area contributed by atoms with E-state index in [1.807, 2.05) is 0 Å². The van der Waals surface area contributed by atoms with Crippen LogP contribution in [0.1, 0.15) is 22.8 Å². The maximum absolute atomic E-state index is 11.6. The molecular formula is C21H16ClNO5. The Morgan fingerprint density at radius 3 is 2.43 bits per heavy atom. The van der Waals surface area contributed by atoms with E-state index in [1.165, 1.54) is 25.1 Å². The molecule has 0 aliphatic carbocycles. The molecular weight excluding hydrogens is 382 g/mol. The number of nitrogens with zero attached hydrogens (tertiary/aromatic N) is 1. The highest BCUT2D eigenvalue weighted by Crippen LogP contribution is 2.37. The van der Waals surface area contributed by atoms with E-state index in [9.17, 15) is 14.9 Å². The van der Waals surface area contributed by atoms with Gasteiger partial charge in [-0.25, -0.2) is 0 Å². The third kappa shape index (κ3) is 4.47. The minimum absolute atomic E-state index is 0.00597. The maximum atomic E-state index is 11.6. The number of benzene rings is 3. The lowest BCUT2D eigenvalue weighted by molar-refractivity contribution is -0.385. The summed E-state index contributed by atoms with van der Waals surface area (Å²) in [5, 5.41) is 11.3. The molecule has 7 heteroatoms. The van der Waals surface area contributed by atoms with Crippen LogP contribution in [0.3, 0.4) is 0 Å². The summed E-state index contributed by atoms with van der Waals surface area (Å²) < 4.78 is 11.4. The average molecular weight is 398 g/mol. The maximum Gasteiger partial charge on any atom is 0.313 e. The highest BCUT2D eigenvalue weighted by Gasteiger charge is 2.19. The smallest absolute Gasteiger partial charge is 0.313 e. The van der Waals surface area contributed by atoms with Crippen molar-refractivity contribution in [2.24, 2.45) is 0 Å². The SMILES string of the molecule is CC(=O)c1ccccc1OCc1ccc(Oc2c(Cl)cccc2[N+](=O)[O-])cc1. The number of carbonyl (C=O) groups is 1. The van der Waals surface area contributed by atoms with E-state index in [0.717, 1.165) is 5.56 Å². The zero-order valence-corrected chi connectivity index (χ0v) is 15.7. The normalized spacial score (nSPS) is 10.4. The molecule has 0 fully saturated rings. The molecule has 0 aromatic heterocycles. The first kappa shape index (κ1) is 19.4. The van der Waals surface area contributed by atoms with E-state index < -0.39 is 4.92 Å². The van der Waals surface area contributed by atoms with Crippen LogP contribution in [0.5, 0.6) is 17.2 Å². The van der Waals surface area contributed by atoms with Crippen LogP contribution in [0.25, 0.3) is 0 Å². The number of nitro benzene ring substituents is 1. The Bertz CT molecular complexity index is 1020. The van der Waals surface area contributed by atoms with Gasteiger partial charge in [-0.05, 0) is 42.8 Å². The number of ether oxygens (including phenoxy) is 2. The topological polar surface area (TPSA) is 78.7 Å². The summed E-state index contributed by atoms with van der Waals surface area (Å²) in [4.78, 5) is 22.2. The summed E-state index contributed by atoms with van der Waals surface area (Å²) >= 11 is 6.04. The molecule has 0 spiro atoms. The fourth-order valence-corrected chi connectivity index (χ4v) is 2.77. The van der Waals surface area contributed by atoms with Crippen molar-refractivity contribution in [2.75, 3.05) is 0 Å². The van der Waals surface area contributed by atoms with Crippen LogP contribution < -0.4 is 9.47 Å². The molecule has 0 aliphatic rings. The molecule has 0 amide bonds. The number of nitro groups is 1. The van der Waals surface area contributed by atoms with E-state index in [2.05, 4.69) is 0 Å². The summed E-state index contributed by atoms with van der Waals surface area (Å²) in [6.45, 7) is 1.75. The second-order valence-corrected chi connectivity index (χ2v) is 6.34. The van der Waals surface area contributed by atoms with Gasteiger partial charge in [0.25, 0.3) is 0 Å². The molecule has 28 heavy (non-hydrogen) atoms. The summed E-state index contributed by atoms with van der Waals surface area (Å²) in [6, 6.07) is 18.3. The van der Waals surface area contributed by atoms with Crippen LogP contribution in [0.2, 0.25) is 5.02 Å². The number of hydrogen-bond acceptors (Lipinski definition) is 5. The Balaban J connectivity index is 1.72. The van der Waals surface area contributed by atoms with Crippen molar-refractivity contribution in [2.45, 2.75) is 13.5 Å². The van der Waals surface area contributed by atoms with Gasteiger partial charge in [-0.2, -0.15) is 0 Å². The van der Waals surface area contributed by atoms with Crippen molar-refractivity contribution in [3.05, 3.63) is 93.0 Å². The molecule has 0 saturated carbocycles. The number of para-hydroxylation sites is 2. The minimum atomic E-state index is -0.546. The highest BCUT2D eigenvalue weighted by molar-refractivity contribution is 6.32. The predicted octanol–water partition coefficient (Wildman–Crippen LogP) is 5.82. The van der Waals surface area contributed by atoms with Gasteiger partial charge < -0.3 is 9.47 Å². The monoisotopic (exact) mass is 397 g/mol. The largest absolute Gasteiger partial charge is 0.488 e. The molecule has 0 N–H and O–H groups in total. The molecule has 142 valence electrons. The van der Waals surface area contributed by atoms with Crippen molar-refractivity contribution in [1.29, 1.82) is 0 Å². The molecule has 3 aromatic carbocycles. The van der Waals surface area contributed by atoms with Crippen molar-refractivity contribution in [3.8, 4) is 17.2 Å². The molecule has 0 bridgehead atoms. The number of hydrogen-bond donors (Lipinski definition) is 0. The first-order valence-corrected chi connectivity index (χ1v) is 8.76. The van der Waals surface area contributed by atoms with Crippen molar-refractivity contribution in [1.82, 2.24) is 0 Å². The lowest BCUT2D eigenvalue weighted by Gasteiger charge is -2.11. The Labute approximate surface area is 166 Å². The van der Waals surface area contributed by atoms with E-state index in [-0.39, 0.29) is 28.8 Å². The third-order valence-electron chi connectivity index (χ3n) is 3.95. The molecule has 6 nitrogen and oxygen atoms in total. The quantitative estimate of drug-likeness (QED) is 0.285. The summed E-state index contributed by atoms with van der Waals surface area (Å²) in [5.74, 6) is 0.848.